The second-order valence-electron chi connectivity index (χ2n) is 7.14. The van der Waals surface area contributed by atoms with E-state index in [2.05, 4.69) is 11.0 Å². The Bertz CT molecular complexity index is 557. The van der Waals surface area contributed by atoms with E-state index >= 15 is 0 Å². The fourth-order valence-corrected chi connectivity index (χ4v) is 4.12. The third-order valence-electron chi connectivity index (χ3n) is 5.50. The molecule has 148 valence electrons. The van der Waals surface area contributed by atoms with E-state index in [4.69, 9.17) is 14.2 Å². The van der Waals surface area contributed by atoms with Crippen LogP contribution >= 0.6 is 12.4 Å². The van der Waals surface area contributed by atoms with Gasteiger partial charge in [0, 0.05) is 19.1 Å². The predicted molar refractivity (Wildman–Crippen MR) is 105 cm³/mol. The molecule has 0 amide bonds. The number of benzene rings is 1. The highest BCUT2D eigenvalue weighted by Gasteiger charge is 2.34. The summed E-state index contributed by atoms with van der Waals surface area (Å²) in [5.74, 6) is 1.52. The standard InChI is InChI=1S/C20H31NO4.ClH/c1-23-19-8-7-15(13-20(19)24-2)10-12-25-18-6-4-3-5-17(18)21-11-9-16(22)14-21;/h7-8,13,16-18,22H,3-6,9-12,14H2,1-2H3;1H/t16-,17-,18-;/m0./s1. The van der Waals surface area contributed by atoms with Gasteiger partial charge in [-0.2, -0.15) is 0 Å². The molecule has 0 bridgehead atoms. The summed E-state index contributed by atoms with van der Waals surface area (Å²) >= 11 is 0. The molecule has 0 aromatic heterocycles. The summed E-state index contributed by atoms with van der Waals surface area (Å²) in [6.07, 6.45) is 6.73. The van der Waals surface area contributed by atoms with E-state index < -0.39 is 0 Å². The number of hydrogen-bond donors (Lipinski definition) is 1. The topological polar surface area (TPSA) is 51.2 Å². The Balaban J connectivity index is 0.00000243. The van der Waals surface area contributed by atoms with Crippen molar-refractivity contribution in [3.8, 4) is 11.5 Å². The summed E-state index contributed by atoms with van der Waals surface area (Å²) in [4.78, 5) is 2.44. The van der Waals surface area contributed by atoms with E-state index in [9.17, 15) is 5.11 Å². The van der Waals surface area contributed by atoms with Crippen LogP contribution in [0.4, 0.5) is 0 Å². The fourth-order valence-electron chi connectivity index (χ4n) is 4.12. The molecule has 1 saturated carbocycles. The van der Waals surface area contributed by atoms with Crippen LogP contribution in [0, 0.1) is 0 Å². The van der Waals surface area contributed by atoms with Crippen LogP contribution in [0.3, 0.4) is 0 Å². The molecule has 1 aromatic carbocycles. The first kappa shape index (κ1) is 21.3. The minimum Gasteiger partial charge on any atom is -0.493 e. The molecule has 1 aromatic rings. The van der Waals surface area contributed by atoms with Crippen molar-refractivity contribution in [3.63, 3.8) is 0 Å². The molecule has 2 fully saturated rings. The number of rotatable bonds is 7. The van der Waals surface area contributed by atoms with Crippen molar-refractivity contribution in [2.75, 3.05) is 33.9 Å². The molecule has 3 rings (SSSR count). The summed E-state index contributed by atoms with van der Waals surface area (Å²) in [5, 5.41) is 9.83. The van der Waals surface area contributed by atoms with E-state index in [1.54, 1.807) is 14.2 Å². The number of β-amino-alcohol motifs (C(OH)–C–C–N with tert-alkyl or cyclic N) is 1. The van der Waals surface area contributed by atoms with Crippen LogP contribution in [0.1, 0.15) is 37.7 Å². The molecule has 6 heteroatoms. The van der Waals surface area contributed by atoms with Gasteiger partial charge in [-0.15, -0.1) is 12.4 Å². The Labute approximate surface area is 163 Å². The Hall–Kier alpha value is -1.01. The Morgan fingerprint density at radius 3 is 2.54 bits per heavy atom. The van der Waals surface area contributed by atoms with Gasteiger partial charge in [0.2, 0.25) is 0 Å². The molecule has 0 radical (unpaired) electrons. The van der Waals surface area contributed by atoms with Crippen molar-refractivity contribution in [1.82, 2.24) is 4.90 Å². The second kappa shape index (κ2) is 10.4. The summed E-state index contributed by atoms with van der Waals surface area (Å²) in [7, 11) is 3.31. The van der Waals surface area contributed by atoms with Crippen LogP contribution < -0.4 is 9.47 Å². The normalized spacial score (nSPS) is 26.3. The van der Waals surface area contributed by atoms with Crippen molar-refractivity contribution in [2.45, 2.75) is 56.8 Å². The van der Waals surface area contributed by atoms with Gasteiger partial charge in [0.15, 0.2) is 11.5 Å². The van der Waals surface area contributed by atoms with Crippen LogP contribution in [-0.4, -0.2) is 62.2 Å². The molecule has 0 spiro atoms. The average molecular weight is 386 g/mol. The van der Waals surface area contributed by atoms with Gasteiger partial charge < -0.3 is 19.3 Å². The molecule has 1 heterocycles. The van der Waals surface area contributed by atoms with Gasteiger partial charge in [0.05, 0.1) is 33.0 Å². The molecule has 26 heavy (non-hydrogen) atoms. The van der Waals surface area contributed by atoms with Gasteiger partial charge in [-0.05, 0) is 43.4 Å². The van der Waals surface area contributed by atoms with Gasteiger partial charge in [-0.1, -0.05) is 18.9 Å². The fraction of sp³-hybridized carbons (Fsp3) is 0.700. The molecular weight excluding hydrogens is 354 g/mol. The molecule has 1 aliphatic heterocycles. The van der Waals surface area contributed by atoms with Crippen molar-refractivity contribution >= 4 is 12.4 Å². The van der Waals surface area contributed by atoms with Gasteiger partial charge in [-0.3, -0.25) is 4.90 Å². The first-order valence-corrected chi connectivity index (χ1v) is 9.46. The highest BCUT2D eigenvalue weighted by atomic mass is 35.5. The van der Waals surface area contributed by atoms with E-state index in [1.165, 1.54) is 24.8 Å². The van der Waals surface area contributed by atoms with E-state index in [0.717, 1.165) is 43.9 Å². The summed E-state index contributed by atoms with van der Waals surface area (Å²) in [6.45, 7) is 2.52. The van der Waals surface area contributed by atoms with Crippen LogP contribution in [0.2, 0.25) is 0 Å². The molecule has 5 nitrogen and oxygen atoms in total. The molecule has 0 unspecified atom stereocenters. The highest BCUT2D eigenvalue weighted by Crippen LogP contribution is 2.30. The zero-order chi connectivity index (χ0) is 17.6. The molecule has 1 aliphatic carbocycles. The average Bonchev–Trinajstić information content (AvgIpc) is 3.08. The lowest BCUT2D eigenvalue weighted by Gasteiger charge is -2.37. The first-order chi connectivity index (χ1) is 12.2. The lowest BCUT2D eigenvalue weighted by Crippen LogP contribution is -2.46. The first-order valence-electron chi connectivity index (χ1n) is 9.46. The van der Waals surface area contributed by atoms with Crippen molar-refractivity contribution in [3.05, 3.63) is 23.8 Å². The zero-order valence-electron chi connectivity index (χ0n) is 15.9. The van der Waals surface area contributed by atoms with Gasteiger partial charge in [0.1, 0.15) is 0 Å². The number of likely N-dealkylation sites (tertiary alicyclic amines) is 1. The third kappa shape index (κ3) is 5.26. The predicted octanol–water partition coefficient (Wildman–Crippen LogP) is 3.06. The van der Waals surface area contributed by atoms with Crippen LogP contribution in [0.25, 0.3) is 0 Å². The second-order valence-corrected chi connectivity index (χ2v) is 7.14. The summed E-state index contributed by atoms with van der Waals surface area (Å²) in [5.41, 5.74) is 1.20. The molecule has 3 atom stereocenters. The minimum atomic E-state index is -0.158. The van der Waals surface area contributed by atoms with Gasteiger partial charge >= 0.3 is 0 Å². The van der Waals surface area contributed by atoms with Crippen molar-refractivity contribution < 1.29 is 19.3 Å². The van der Waals surface area contributed by atoms with E-state index in [-0.39, 0.29) is 18.5 Å². The monoisotopic (exact) mass is 385 g/mol. The maximum Gasteiger partial charge on any atom is 0.160 e. The molecule has 2 aliphatic rings. The largest absolute Gasteiger partial charge is 0.493 e. The zero-order valence-corrected chi connectivity index (χ0v) is 16.7. The van der Waals surface area contributed by atoms with E-state index in [1.807, 2.05) is 12.1 Å². The quantitative estimate of drug-likeness (QED) is 0.781. The van der Waals surface area contributed by atoms with E-state index in [0.29, 0.717) is 18.8 Å². The lowest BCUT2D eigenvalue weighted by atomic mass is 9.91. The van der Waals surface area contributed by atoms with Crippen LogP contribution in [-0.2, 0) is 11.2 Å². The highest BCUT2D eigenvalue weighted by molar-refractivity contribution is 5.85. The number of halogens is 1. The number of methoxy groups -OCH3 is 2. The number of hydrogen-bond acceptors (Lipinski definition) is 5. The number of aliphatic hydroxyl groups excluding tert-OH is 1. The molecular formula is C20H32ClNO4. The summed E-state index contributed by atoms with van der Waals surface area (Å²) in [6, 6.07) is 6.51. The minimum absolute atomic E-state index is 0. The number of nitrogens with zero attached hydrogens (tertiary/aromatic N) is 1. The Kier molecular flexibility index (Phi) is 8.48. The smallest absolute Gasteiger partial charge is 0.160 e. The van der Waals surface area contributed by atoms with Crippen LogP contribution in [0.15, 0.2) is 18.2 Å². The van der Waals surface area contributed by atoms with Gasteiger partial charge in [-0.25, -0.2) is 0 Å². The maximum absolute atomic E-state index is 9.83. The molecule has 1 saturated heterocycles. The lowest BCUT2D eigenvalue weighted by molar-refractivity contribution is -0.0316. The number of aliphatic hydroxyl groups is 1. The maximum atomic E-state index is 9.83. The Morgan fingerprint density at radius 2 is 1.85 bits per heavy atom. The van der Waals surface area contributed by atoms with Gasteiger partial charge in [0.25, 0.3) is 0 Å². The number of ether oxygens (including phenoxy) is 3. The van der Waals surface area contributed by atoms with Crippen molar-refractivity contribution in [1.29, 1.82) is 0 Å². The van der Waals surface area contributed by atoms with Crippen molar-refractivity contribution in [2.24, 2.45) is 0 Å². The Morgan fingerprint density at radius 1 is 1.08 bits per heavy atom. The molecule has 1 N–H and O–H groups in total. The van der Waals surface area contributed by atoms with Crippen LogP contribution in [0.5, 0.6) is 11.5 Å². The SMILES string of the molecule is COc1ccc(CCO[C@H]2CCCC[C@@H]2N2CC[C@H](O)C2)cc1OC.Cl. The third-order valence-corrected chi connectivity index (χ3v) is 5.50. The summed E-state index contributed by atoms with van der Waals surface area (Å²) < 4.78 is 16.9.